The minimum Gasteiger partial charge on any atom is -0.508 e. The summed E-state index contributed by atoms with van der Waals surface area (Å²) in [6, 6.07) is 6.70. The van der Waals surface area contributed by atoms with Crippen LogP contribution in [0.25, 0.3) is 6.08 Å². The lowest BCUT2D eigenvalue weighted by molar-refractivity contribution is -0.114. The van der Waals surface area contributed by atoms with E-state index in [-0.39, 0.29) is 23.9 Å². The third-order valence-electron chi connectivity index (χ3n) is 1.70. The summed E-state index contributed by atoms with van der Waals surface area (Å²) in [5.41, 5.74) is 0.916. The summed E-state index contributed by atoms with van der Waals surface area (Å²) in [7, 11) is 0. The van der Waals surface area contributed by atoms with Crippen LogP contribution in [0, 0.1) is 0 Å². The van der Waals surface area contributed by atoms with Crippen molar-refractivity contribution in [1.29, 1.82) is 0 Å². The van der Waals surface area contributed by atoms with Crippen LogP contribution in [0.5, 0.6) is 5.75 Å². The Morgan fingerprint density at radius 1 is 1.36 bits per heavy atom. The van der Waals surface area contributed by atoms with Crippen molar-refractivity contribution >= 4 is 24.3 Å². The molecule has 0 heterocycles. The van der Waals surface area contributed by atoms with Crippen LogP contribution in [-0.2, 0) is 4.79 Å². The van der Waals surface area contributed by atoms with Crippen LogP contribution in [-0.4, -0.2) is 10.9 Å². The summed E-state index contributed by atoms with van der Waals surface area (Å²) in [6.45, 7) is 1.82. The number of benzene rings is 1. The van der Waals surface area contributed by atoms with Crippen LogP contribution in [0.3, 0.4) is 0 Å². The minimum absolute atomic E-state index is 0. The molecule has 0 aromatic heterocycles. The molecule has 0 bridgehead atoms. The third-order valence-corrected chi connectivity index (χ3v) is 1.70. The van der Waals surface area contributed by atoms with Gasteiger partial charge in [0.2, 0.25) is 0 Å². The van der Waals surface area contributed by atoms with Gasteiger partial charge in [-0.25, -0.2) is 0 Å². The fourth-order valence-corrected chi connectivity index (χ4v) is 0.892. The van der Waals surface area contributed by atoms with Gasteiger partial charge in [-0.05, 0) is 23.8 Å². The van der Waals surface area contributed by atoms with Crippen molar-refractivity contribution in [2.75, 3.05) is 0 Å². The Hall–Kier alpha value is -1.28. The smallest absolute Gasteiger partial charge is 0.155 e. The van der Waals surface area contributed by atoms with Crippen molar-refractivity contribution in [3.63, 3.8) is 0 Å². The maximum absolute atomic E-state index is 10.9. The number of phenols is 1. The summed E-state index contributed by atoms with van der Waals surface area (Å²) in [5, 5.41) is 8.99. The van der Waals surface area contributed by atoms with Gasteiger partial charge >= 0.3 is 0 Å². The highest BCUT2D eigenvalue weighted by atomic mass is 35.5. The standard InChI is InChI=1S/C11H12O2.ClH/c1-2-10(12)6-3-9-4-7-11(13)8-5-9;/h3-8,13H,2H2,1H3;1H. The number of hydrogen-bond acceptors (Lipinski definition) is 2. The van der Waals surface area contributed by atoms with E-state index >= 15 is 0 Å². The molecule has 0 radical (unpaired) electrons. The van der Waals surface area contributed by atoms with Gasteiger partial charge in [-0.15, -0.1) is 12.4 Å². The second-order valence-electron chi connectivity index (χ2n) is 2.74. The Morgan fingerprint density at radius 2 is 1.93 bits per heavy atom. The lowest BCUT2D eigenvalue weighted by Crippen LogP contribution is -1.86. The molecule has 0 saturated heterocycles. The van der Waals surface area contributed by atoms with Gasteiger partial charge in [0.1, 0.15) is 5.75 Å². The van der Waals surface area contributed by atoms with Gasteiger partial charge in [-0.2, -0.15) is 0 Å². The van der Waals surface area contributed by atoms with Gasteiger partial charge in [0.25, 0.3) is 0 Å². The van der Waals surface area contributed by atoms with Gasteiger partial charge in [0, 0.05) is 6.42 Å². The molecule has 1 aromatic carbocycles. The van der Waals surface area contributed by atoms with Crippen LogP contribution in [0.4, 0.5) is 0 Å². The number of carbonyl (C=O) groups excluding carboxylic acids is 1. The monoisotopic (exact) mass is 212 g/mol. The van der Waals surface area contributed by atoms with Gasteiger partial charge < -0.3 is 5.11 Å². The fourth-order valence-electron chi connectivity index (χ4n) is 0.892. The van der Waals surface area contributed by atoms with Crippen LogP contribution in [0.1, 0.15) is 18.9 Å². The molecule has 0 spiro atoms. The molecule has 1 aromatic rings. The molecule has 0 aliphatic carbocycles. The quantitative estimate of drug-likeness (QED) is 0.783. The van der Waals surface area contributed by atoms with E-state index in [0.717, 1.165) is 5.56 Å². The second kappa shape index (κ2) is 6.22. The third kappa shape index (κ3) is 4.10. The lowest BCUT2D eigenvalue weighted by Gasteiger charge is -1.93. The molecule has 0 fully saturated rings. The number of hydrogen-bond donors (Lipinski definition) is 1. The van der Waals surface area contributed by atoms with E-state index in [1.165, 1.54) is 0 Å². The largest absolute Gasteiger partial charge is 0.508 e. The van der Waals surface area contributed by atoms with Crippen molar-refractivity contribution in [2.24, 2.45) is 0 Å². The first-order chi connectivity index (χ1) is 6.22. The van der Waals surface area contributed by atoms with E-state index < -0.39 is 0 Å². The minimum atomic E-state index is 0. The second-order valence-corrected chi connectivity index (χ2v) is 2.74. The summed E-state index contributed by atoms with van der Waals surface area (Å²) in [5.74, 6) is 0.340. The van der Waals surface area contributed by atoms with E-state index in [0.29, 0.717) is 6.42 Å². The summed E-state index contributed by atoms with van der Waals surface area (Å²) >= 11 is 0. The van der Waals surface area contributed by atoms with Crippen molar-refractivity contribution in [1.82, 2.24) is 0 Å². The molecule has 0 saturated carbocycles. The summed E-state index contributed by atoms with van der Waals surface area (Å²) in [6.07, 6.45) is 3.81. The molecule has 0 aliphatic heterocycles. The Kier molecular flexibility index (Phi) is 5.65. The topological polar surface area (TPSA) is 37.3 Å². The molecule has 76 valence electrons. The zero-order valence-electron chi connectivity index (χ0n) is 7.93. The number of halogens is 1. The van der Waals surface area contributed by atoms with Gasteiger partial charge in [0.05, 0.1) is 0 Å². The van der Waals surface area contributed by atoms with E-state index in [9.17, 15) is 4.79 Å². The average Bonchev–Trinajstić information content (AvgIpc) is 2.16. The maximum atomic E-state index is 10.9. The Bertz CT molecular complexity index is 315. The maximum Gasteiger partial charge on any atom is 0.155 e. The molecule has 1 rings (SSSR count). The van der Waals surface area contributed by atoms with Crippen LogP contribution < -0.4 is 0 Å². The first-order valence-corrected chi connectivity index (χ1v) is 4.22. The number of allylic oxidation sites excluding steroid dienone is 1. The Morgan fingerprint density at radius 3 is 2.43 bits per heavy atom. The first-order valence-electron chi connectivity index (χ1n) is 4.22. The van der Waals surface area contributed by atoms with Crippen LogP contribution in [0.2, 0.25) is 0 Å². The van der Waals surface area contributed by atoms with E-state index in [1.54, 1.807) is 36.4 Å². The molecule has 1 N–H and O–H groups in total. The van der Waals surface area contributed by atoms with E-state index in [4.69, 9.17) is 5.11 Å². The number of carbonyl (C=O) groups is 1. The molecule has 3 heteroatoms. The normalized spacial score (nSPS) is 9.79. The molecule has 0 atom stereocenters. The van der Waals surface area contributed by atoms with E-state index in [1.807, 2.05) is 6.92 Å². The number of phenolic OH excluding ortho intramolecular Hbond substituents is 1. The van der Waals surface area contributed by atoms with Crippen molar-refractivity contribution in [3.8, 4) is 5.75 Å². The molecule has 14 heavy (non-hydrogen) atoms. The zero-order valence-corrected chi connectivity index (χ0v) is 8.75. The highest BCUT2D eigenvalue weighted by molar-refractivity contribution is 5.93. The first kappa shape index (κ1) is 12.7. The average molecular weight is 213 g/mol. The predicted octanol–water partition coefficient (Wildman–Crippen LogP) is 2.81. The highest BCUT2D eigenvalue weighted by Gasteiger charge is 1.91. The van der Waals surface area contributed by atoms with Crippen molar-refractivity contribution < 1.29 is 9.90 Å². The fraction of sp³-hybridized carbons (Fsp3) is 0.182. The number of rotatable bonds is 3. The molecule has 0 unspecified atom stereocenters. The molecular formula is C11H13ClO2. The van der Waals surface area contributed by atoms with Gasteiger partial charge in [-0.1, -0.05) is 25.1 Å². The van der Waals surface area contributed by atoms with Crippen LogP contribution >= 0.6 is 12.4 Å². The SMILES string of the molecule is CCC(=O)C=Cc1ccc(O)cc1.Cl. The predicted molar refractivity (Wildman–Crippen MR) is 59.7 cm³/mol. The summed E-state index contributed by atoms with van der Waals surface area (Å²) < 4.78 is 0. The zero-order chi connectivity index (χ0) is 9.68. The molecular weight excluding hydrogens is 200 g/mol. The van der Waals surface area contributed by atoms with Crippen LogP contribution in [0.15, 0.2) is 30.3 Å². The van der Waals surface area contributed by atoms with E-state index in [2.05, 4.69) is 0 Å². The lowest BCUT2D eigenvalue weighted by atomic mass is 10.2. The van der Waals surface area contributed by atoms with Crippen molar-refractivity contribution in [2.45, 2.75) is 13.3 Å². The van der Waals surface area contributed by atoms with Gasteiger partial charge in [0.15, 0.2) is 5.78 Å². The molecule has 0 aliphatic rings. The molecule has 0 amide bonds. The number of ketones is 1. The number of aromatic hydroxyl groups is 1. The Labute approximate surface area is 89.7 Å². The molecule has 2 nitrogen and oxygen atoms in total. The highest BCUT2D eigenvalue weighted by Crippen LogP contribution is 2.10. The Balaban J connectivity index is 0.00000169. The van der Waals surface area contributed by atoms with Crippen molar-refractivity contribution in [3.05, 3.63) is 35.9 Å². The van der Waals surface area contributed by atoms with Gasteiger partial charge in [-0.3, -0.25) is 4.79 Å². The summed E-state index contributed by atoms with van der Waals surface area (Å²) in [4.78, 5) is 10.9.